The number of aliphatic imine (C=N–C) groups is 1. The predicted octanol–water partition coefficient (Wildman–Crippen LogP) is 4.28. The maximum absolute atomic E-state index is 9.19. The van der Waals surface area contributed by atoms with E-state index in [0.29, 0.717) is 29.6 Å². The van der Waals surface area contributed by atoms with Gasteiger partial charge in [0.05, 0.1) is 51.9 Å². The summed E-state index contributed by atoms with van der Waals surface area (Å²) in [4.78, 5) is 22.7. The molecule has 0 saturated carbocycles. The molecule has 1 aliphatic heterocycles. The molecule has 2 aromatic heterocycles. The van der Waals surface area contributed by atoms with E-state index < -0.39 is 0 Å². The molecule has 8 heteroatoms. The fourth-order valence-corrected chi connectivity index (χ4v) is 3.98. The number of imidazole rings is 2. The van der Waals surface area contributed by atoms with Gasteiger partial charge in [-0.1, -0.05) is 24.3 Å². The van der Waals surface area contributed by atoms with Crippen LogP contribution in [0.5, 0.6) is 0 Å². The lowest BCUT2D eigenvalue weighted by Gasteiger charge is -2.15. The average Bonchev–Trinajstić information content (AvgIpc) is 3.52. The van der Waals surface area contributed by atoms with Crippen molar-refractivity contribution in [3.05, 3.63) is 82.9 Å². The molecule has 0 radical (unpaired) electrons. The SMILES string of the molecule is N#Cc1ccc2nc(N=C3c4ccccc4CN3c3nc4ccc(C#N)cc4[nH]3)[nH]c2c1. The van der Waals surface area contributed by atoms with Crippen molar-refractivity contribution in [3.63, 3.8) is 0 Å². The molecule has 5 aromatic rings. The molecule has 0 fully saturated rings. The molecule has 6 rings (SSSR count). The first kappa shape index (κ1) is 17.9. The topological polar surface area (TPSA) is 121 Å². The van der Waals surface area contributed by atoms with Gasteiger partial charge in [-0.2, -0.15) is 15.5 Å². The Kier molecular flexibility index (Phi) is 3.79. The van der Waals surface area contributed by atoms with E-state index in [-0.39, 0.29) is 0 Å². The molecule has 0 amide bonds. The van der Waals surface area contributed by atoms with E-state index in [0.717, 1.165) is 39.0 Å². The van der Waals surface area contributed by atoms with Gasteiger partial charge in [-0.15, -0.1) is 0 Å². The Bertz CT molecular complexity index is 1640. The summed E-state index contributed by atoms with van der Waals surface area (Å²) in [6, 6.07) is 23.1. The third-order valence-electron chi connectivity index (χ3n) is 5.51. The highest BCUT2D eigenvalue weighted by molar-refractivity contribution is 6.14. The molecule has 1 aliphatic rings. The van der Waals surface area contributed by atoms with Gasteiger partial charge >= 0.3 is 0 Å². The number of hydrogen-bond acceptors (Lipinski definition) is 5. The van der Waals surface area contributed by atoms with E-state index in [9.17, 15) is 5.26 Å². The summed E-state index contributed by atoms with van der Waals surface area (Å²) in [5.74, 6) is 1.82. The summed E-state index contributed by atoms with van der Waals surface area (Å²) >= 11 is 0. The Morgan fingerprint density at radius 1 is 0.844 bits per heavy atom. The molecule has 3 heterocycles. The lowest BCUT2D eigenvalue weighted by atomic mass is 10.1. The van der Waals surface area contributed by atoms with Crippen molar-refractivity contribution in [2.75, 3.05) is 4.90 Å². The number of benzene rings is 3. The Morgan fingerprint density at radius 3 is 2.28 bits per heavy atom. The van der Waals surface area contributed by atoms with Crippen LogP contribution in [0.1, 0.15) is 22.3 Å². The number of rotatable bonds is 2. The molecule has 0 saturated heterocycles. The number of anilines is 1. The maximum Gasteiger partial charge on any atom is 0.229 e. The van der Waals surface area contributed by atoms with Crippen LogP contribution in [0.3, 0.4) is 0 Å². The van der Waals surface area contributed by atoms with Crippen LogP contribution in [-0.4, -0.2) is 25.8 Å². The van der Waals surface area contributed by atoms with Gasteiger partial charge in [0.15, 0.2) is 0 Å². The quantitative estimate of drug-likeness (QED) is 0.447. The summed E-state index contributed by atoms with van der Waals surface area (Å²) in [5.41, 5.74) is 6.35. The normalized spacial score (nSPS) is 14.1. The number of aromatic amines is 2. The van der Waals surface area contributed by atoms with Crippen LogP contribution in [0.25, 0.3) is 22.1 Å². The summed E-state index contributed by atoms with van der Waals surface area (Å²) < 4.78 is 0. The zero-order valence-corrected chi connectivity index (χ0v) is 16.7. The van der Waals surface area contributed by atoms with Gasteiger partial charge in [-0.3, -0.25) is 4.90 Å². The van der Waals surface area contributed by atoms with Crippen LogP contribution in [0.4, 0.5) is 11.9 Å². The highest BCUT2D eigenvalue weighted by Crippen LogP contribution is 2.30. The van der Waals surface area contributed by atoms with Gasteiger partial charge in [-0.05, 0) is 42.0 Å². The Balaban J connectivity index is 1.49. The smallest absolute Gasteiger partial charge is 0.229 e. The average molecular weight is 414 g/mol. The minimum atomic E-state index is 0.453. The molecular weight excluding hydrogens is 400 g/mol. The summed E-state index contributed by atoms with van der Waals surface area (Å²) in [6.45, 7) is 0.610. The van der Waals surface area contributed by atoms with E-state index >= 15 is 0 Å². The minimum absolute atomic E-state index is 0.453. The van der Waals surface area contributed by atoms with Crippen LogP contribution in [0.15, 0.2) is 65.7 Å². The van der Waals surface area contributed by atoms with E-state index in [2.05, 4.69) is 33.2 Å². The lowest BCUT2D eigenvalue weighted by Crippen LogP contribution is -2.25. The molecule has 0 aliphatic carbocycles. The van der Waals surface area contributed by atoms with Crippen LogP contribution < -0.4 is 4.90 Å². The van der Waals surface area contributed by atoms with Crippen LogP contribution in [0.2, 0.25) is 0 Å². The van der Waals surface area contributed by atoms with Crippen molar-refractivity contribution in [1.29, 1.82) is 10.5 Å². The molecule has 0 bridgehead atoms. The van der Waals surface area contributed by atoms with Gasteiger partial charge in [0, 0.05) is 5.56 Å². The maximum atomic E-state index is 9.19. The highest BCUT2D eigenvalue weighted by Gasteiger charge is 2.29. The largest absolute Gasteiger partial charge is 0.324 e. The third kappa shape index (κ3) is 2.79. The number of nitrogens with zero attached hydrogens (tertiary/aromatic N) is 6. The number of amidine groups is 1. The van der Waals surface area contributed by atoms with Crippen LogP contribution in [0, 0.1) is 22.7 Å². The molecule has 32 heavy (non-hydrogen) atoms. The van der Waals surface area contributed by atoms with Crippen molar-refractivity contribution in [2.24, 2.45) is 4.99 Å². The fourth-order valence-electron chi connectivity index (χ4n) is 3.98. The monoisotopic (exact) mass is 414 g/mol. The zero-order valence-electron chi connectivity index (χ0n) is 16.7. The van der Waals surface area contributed by atoms with Crippen molar-refractivity contribution < 1.29 is 0 Å². The standard InChI is InChI=1S/C24H14N8/c25-11-14-5-7-18-20(9-14)28-23(27-18)31-22-17-4-2-1-3-16(17)13-32(22)24-29-19-8-6-15(12-26)10-21(19)30-24/h1-10H,13H2,(H,27,28)(H,29,30). The summed E-state index contributed by atoms with van der Waals surface area (Å²) in [5, 5.41) is 18.3. The van der Waals surface area contributed by atoms with Crippen LogP contribution >= 0.6 is 0 Å². The number of aromatic nitrogens is 4. The number of nitriles is 2. The van der Waals surface area contributed by atoms with Crippen molar-refractivity contribution in [3.8, 4) is 12.1 Å². The van der Waals surface area contributed by atoms with E-state index in [1.54, 1.807) is 30.3 Å². The molecule has 0 unspecified atom stereocenters. The number of fused-ring (bicyclic) bond motifs is 3. The Morgan fingerprint density at radius 2 is 1.53 bits per heavy atom. The molecule has 0 spiro atoms. The Hall–Kier alpha value is -4.95. The van der Waals surface area contributed by atoms with Crippen molar-refractivity contribution in [2.45, 2.75) is 6.54 Å². The molecule has 8 nitrogen and oxygen atoms in total. The molecular formula is C24H14N8. The second-order valence-corrected chi connectivity index (χ2v) is 7.49. The predicted molar refractivity (Wildman–Crippen MR) is 120 cm³/mol. The van der Waals surface area contributed by atoms with E-state index in [4.69, 9.17) is 15.2 Å². The van der Waals surface area contributed by atoms with E-state index in [1.165, 1.54) is 0 Å². The van der Waals surface area contributed by atoms with Gasteiger partial charge in [0.25, 0.3) is 0 Å². The third-order valence-corrected chi connectivity index (χ3v) is 5.51. The lowest BCUT2D eigenvalue weighted by molar-refractivity contribution is 0.997. The zero-order chi connectivity index (χ0) is 21.7. The number of nitrogens with one attached hydrogen (secondary N) is 2. The molecule has 150 valence electrons. The fraction of sp³-hybridized carbons (Fsp3) is 0.0417. The second kappa shape index (κ2) is 6.79. The molecule has 3 aromatic carbocycles. The minimum Gasteiger partial charge on any atom is -0.324 e. The first-order valence-electron chi connectivity index (χ1n) is 9.96. The summed E-state index contributed by atoms with van der Waals surface area (Å²) in [6.07, 6.45) is 0. The van der Waals surface area contributed by atoms with Crippen molar-refractivity contribution >= 4 is 39.8 Å². The van der Waals surface area contributed by atoms with Crippen LogP contribution in [-0.2, 0) is 6.54 Å². The van der Waals surface area contributed by atoms with Gasteiger partial charge in [0.2, 0.25) is 11.9 Å². The van der Waals surface area contributed by atoms with Crippen molar-refractivity contribution in [1.82, 2.24) is 19.9 Å². The number of H-pyrrole nitrogens is 2. The number of hydrogen-bond donors (Lipinski definition) is 2. The molecule has 0 atom stereocenters. The van der Waals surface area contributed by atoms with Gasteiger partial charge in [-0.25, -0.2) is 9.97 Å². The molecule has 2 N–H and O–H groups in total. The first-order valence-corrected chi connectivity index (χ1v) is 9.96. The van der Waals surface area contributed by atoms with E-state index in [1.807, 2.05) is 29.2 Å². The van der Waals surface area contributed by atoms with Gasteiger partial charge < -0.3 is 9.97 Å². The first-order chi connectivity index (χ1) is 15.7. The highest BCUT2D eigenvalue weighted by atomic mass is 15.3. The van der Waals surface area contributed by atoms with Gasteiger partial charge in [0.1, 0.15) is 5.84 Å². The summed E-state index contributed by atoms with van der Waals surface area (Å²) in [7, 11) is 0. The Labute approximate surface area is 182 Å². The second-order valence-electron chi connectivity index (χ2n) is 7.49.